The quantitative estimate of drug-likeness (QED) is 0.865. The summed E-state index contributed by atoms with van der Waals surface area (Å²) in [6.07, 6.45) is 0. The Labute approximate surface area is 145 Å². The predicted octanol–water partition coefficient (Wildman–Crippen LogP) is 3.41. The SMILES string of the molecule is CCN1C(=O)C(O)(C(C)C(=O)c2ccc(Cl)cc2)c2ccccc21. The third kappa shape index (κ3) is 2.34. The van der Waals surface area contributed by atoms with Crippen molar-refractivity contribution in [1.82, 2.24) is 0 Å². The third-order valence-electron chi connectivity index (χ3n) is 4.64. The van der Waals surface area contributed by atoms with Crippen molar-refractivity contribution in [2.24, 2.45) is 5.92 Å². The maximum Gasteiger partial charge on any atom is 0.264 e. The van der Waals surface area contributed by atoms with E-state index in [-0.39, 0.29) is 5.78 Å². The summed E-state index contributed by atoms with van der Waals surface area (Å²) in [6.45, 7) is 3.86. The molecular weight excluding hydrogens is 326 g/mol. The summed E-state index contributed by atoms with van der Waals surface area (Å²) in [6, 6.07) is 13.5. The number of hydrogen-bond donors (Lipinski definition) is 1. The number of benzene rings is 2. The van der Waals surface area contributed by atoms with Gasteiger partial charge in [0.25, 0.3) is 5.91 Å². The highest BCUT2D eigenvalue weighted by Gasteiger charge is 2.54. The zero-order valence-electron chi connectivity index (χ0n) is 13.5. The van der Waals surface area contributed by atoms with E-state index in [1.165, 1.54) is 4.90 Å². The maximum atomic E-state index is 12.8. The van der Waals surface area contributed by atoms with E-state index in [0.29, 0.717) is 28.4 Å². The van der Waals surface area contributed by atoms with Gasteiger partial charge in [-0.15, -0.1) is 0 Å². The first kappa shape index (κ1) is 16.7. The van der Waals surface area contributed by atoms with Gasteiger partial charge in [0.15, 0.2) is 11.4 Å². The molecule has 2 aromatic rings. The van der Waals surface area contributed by atoms with Crippen molar-refractivity contribution in [3.05, 3.63) is 64.7 Å². The van der Waals surface area contributed by atoms with E-state index in [2.05, 4.69) is 0 Å². The van der Waals surface area contributed by atoms with Crippen LogP contribution in [0.15, 0.2) is 48.5 Å². The number of halogens is 1. The summed E-state index contributed by atoms with van der Waals surface area (Å²) in [4.78, 5) is 27.2. The van der Waals surface area contributed by atoms with Crippen molar-refractivity contribution in [2.45, 2.75) is 19.4 Å². The molecule has 0 spiro atoms. The van der Waals surface area contributed by atoms with Gasteiger partial charge in [0.1, 0.15) is 0 Å². The van der Waals surface area contributed by atoms with Crippen LogP contribution in [0.25, 0.3) is 0 Å². The van der Waals surface area contributed by atoms with Crippen LogP contribution in [-0.4, -0.2) is 23.3 Å². The first-order chi connectivity index (χ1) is 11.4. The molecule has 0 saturated carbocycles. The van der Waals surface area contributed by atoms with E-state index in [1.807, 2.05) is 13.0 Å². The fourth-order valence-electron chi connectivity index (χ4n) is 3.25. The number of rotatable bonds is 4. The fraction of sp³-hybridized carbons (Fsp3) is 0.263. The smallest absolute Gasteiger partial charge is 0.264 e. The number of carbonyl (C=O) groups is 2. The summed E-state index contributed by atoms with van der Waals surface area (Å²) < 4.78 is 0. The van der Waals surface area contributed by atoms with Crippen LogP contribution in [0.1, 0.15) is 29.8 Å². The van der Waals surface area contributed by atoms with Crippen LogP contribution in [0.4, 0.5) is 5.69 Å². The van der Waals surface area contributed by atoms with Gasteiger partial charge in [0.05, 0.1) is 11.6 Å². The predicted molar refractivity (Wildman–Crippen MR) is 93.3 cm³/mol. The normalized spacial score (nSPS) is 20.8. The molecule has 0 fully saturated rings. The minimum atomic E-state index is -1.86. The molecular formula is C19H18ClNO3. The second-order valence-corrected chi connectivity index (χ2v) is 6.36. The highest BCUT2D eigenvalue weighted by Crippen LogP contribution is 2.45. The maximum absolute atomic E-state index is 12.8. The number of para-hydroxylation sites is 1. The molecule has 4 nitrogen and oxygen atoms in total. The standard InChI is InChI=1S/C19H18ClNO3/c1-3-21-16-7-5-4-6-15(16)19(24,18(21)23)12(2)17(22)13-8-10-14(20)11-9-13/h4-12,24H,3H2,1-2H3. The Morgan fingerprint density at radius 1 is 1.21 bits per heavy atom. The van der Waals surface area contributed by atoms with Crippen LogP contribution in [0.3, 0.4) is 0 Å². The number of likely N-dealkylation sites (N-methyl/N-ethyl adjacent to an activating group) is 1. The van der Waals surface area contributed by atoms with Gasteiger partial charge in [0, 0.05) is 22.7 Å². The lowest BCUT2D eigenvalue weighted by Gasteiger charge is -2.28. The first-order valence-electron chi connectivity index (χ1n) is 7.84. The largest absolute Gasteiger partial charge is 0.375 e. The molecule has 2 unspecified atom stereocenters. The minimum absolute atomic E-state index is 0.296. The van der Waals surface area contributed by atoms with E-state index in [4.69, 9.17) is 11.6 Å². The van der Waals surface area contributed by atoms with Crippen LogP contribution in [0.5, 0.6) is 0 Å². The van der Waals surface area contributed by atoms with Gasteiger partial charge >= 0.3 is 0 Å². The van der Waals surface area contributed by atoms with Gasteiger partial charge in [-0.25, -0.2) is 0 Å². The number of carbonyl (C=O) groups excluding carboxylic acids is 2. The van der Waals surface area contributed by atoms with Crippen molar-refractivity contribution in [3.8, 4) is 0 Å². The van der Waals surface area contributed by atoms with Crippen molar-refractivity contribution in [1.29, 1.82) is 0 Å². The van der Waals surface area contributed by atoms with Crippen molar-refractivity contribution < 1.29 is 14.7 Å². The molecule has 2 atom stereocenters. The van der Waals surface area contributed by atoms with Gasteiger partial charge in [-0.1, -0.05) is 36.7 Å². The summed E-state index contributed by atoms with van der Waals surface area (Å²) in [5, 5.41) is 11.8. The number of aliphatic hydroxyl groups is 1. The average molecular weight is 344 g/mol. The lowest BCUT2D eigenvalue weighted by atomic mass is 9.79. The zero-order valence-corrected chi connectivity index (χ0v) is 14.2. The molecule has 3 rings (SSSR count). The topological polar surface area (TPSA) is 57.6 Å². The zero-order chi connectivity index (χ0) is 17.5. The molecule has 1 amide bonds. The number of hydrogen-bond acceptors (Lipinski definition) is 3. The number of Topliss-reactive ketones (excluding diaryl/α,β-unsaturated/α-hetero) is 1. The Hall–Kier alpha value is -2.17. The molecule has 2 aromatic carbocycles. The lowest BCUT2D eigenvalue weighted by molar-refractivity contribution is -0.139. The second-order valence-electron chi connectivity index (χ2n) is 5.93. The molecule has 0 saturated heterocycles. The molecule has 124 valence electrons. The summed E-state index contributed by atoms with van der Waals surface area (Å²) in [5.41, 5.74) is -0.306. The minimum Gasteiger partial charge on any atom is -0.375 e. The highest BCUT2D eigenvalue weighted by atomic mass is 35.5. The van der Waals surface area contributed by atoms with E-state index >= 15 is 0 Å². The van der Waals surface area contributed by atoms with Crippen LogP contribution < -0.4 is 4.90 Å². The van der Waals surface area contributed by atoms with Gasteiger partial charge < -0.3 is 10.0 Å². The Morgan fingerprint density at radius 3 is 2.46 bits per heavy atom. The summed E-state index contributed by atoms with van der Waals surface area (Å²) >= 11 is 5.86. The van der Waals surface area contributed by atoms with Crippen LogP contribution in [0, 0.1) is 5.92 Å². The molecule has 0 radical (unpaired) electrons. The monoisotopic (exact) mass is 343 g/mol. The molecule has 0 aliphatic carbocycles. The molecule has 24 heavy (non-hydrogen) atoms. The highest BCUT2D eigenvalue weighted by molar-refractivity contribution is 6.30. The third-order valence-corrected chi connectivity index (χ3v) is 4.89. The lowest BCUT2D eigenvalue weighted by Crippen LogP contribution is -2.47. The Morgan fingerprint density at radius 2 is 1.83 bits per heavy atom. The van der Waals surface area contributed by atoms with Crippen LogP contribution in [-0.2, 0) is 10.4 Å². The molecule has 1 aliphatic rings. The van der Waals surface area contributed by atoms with Crippen molar-refractivity contribution in [2.75, 3.05) is 11.4 Å². The molecule has 1 heterocycles. The van der Waals surface area contributed by atoms with Crippen molar-refractivity contribution >= 4 is 29.0 Å². The fourth-order valence-corrected chi connectivity index (χ4v) is 3.37. The van der Waals surface area contributed by atoms with Crippen molar-refractivity contribution in [3.63, 3.8) is 0 Å². The molecule has 5 heteroatoms. The van der Waals surface area contributed by atoms with E-state index in [1.54, 1.807) is 49.4 Å². The Kier molecular flexibility index (Phi) is 4.20. The molecule has 0 bridgehead atoms. The van der Waals surface area contributed by atoms with E-state index in [9.17, 15) is 14.7 Å². The number of ketones is 1. The van der Waals surface area contributed by atoms with Gasteiger partial charge in [-0.2, -0.15) is 0 Å². The molecule has 0 aromatic heterocycles. The van der Waals surface area contributed by atoms with Gasteiger partial charge in [-0.05, 0) is 37.3 Å². The van der Waals surface area contributed by atoms with Gasteiger partial charge in [-0.3, -0.25) is 9.59 Å². The van der Waals surface area contributed by atoms with Gasteiger partial charge in [0.2, 0.25) is 0 Å². The number of amides is 1. The average Bonchev–Trinajstić information content (AvgIpc) is 2.83. The Bertz CT molecular complexity index is 803. The molecule has 1 aliphatic heterocycles. The first-order valence-corrected chi connectivity index (χ1v) is 8.22. The number of fused-ring (bicyclic) bond motifs is 1. The van der Waals surface area contributed by atoms with E-state index in [0.717, 1.165) is 0 Å². The van der Waals surface area contributed by atoms with Crippen LogP contribution >= 0.6 is 11.6 Å². The number of nitrogens with zero attached hydrogens (tertiary/aromatic N) is 1. The van der Waals surface area contributed by atoms with Crippen LogP contribution in [0.2, 0.25) is 5.02 Å². The van der Waals surface area contributed by atoms with E-state index < -0.39 is 17.4 Å². The molecule has 1 N–H and O–H groups in total. The number of anilines is 1. The Balaban J connectivity index is 2.05. The second kappa shape index (κ2) is 6.04. The summed E-state index contributed by atoms with van der Waals surface area (Å²) in [5.74, 6) is -1.67. The summed E-state index contributed by atoms with van der Waals surface area (Å²) in [7, 11) is 0.